The Balaban J connectivity index is 1.68. The molecule has 3 heterocycles. The van der Waals surface area contributed by atoms with Crippen molar-refractivity contribution in [1.82, 2.24) is 24.7 Å². The van der Waals surface area contributed by atoms with Crippen LogP contribution in [0.4, 0.5) is 0 Å². The Bertz CT molecular complexity index is 929. The number of hydrogen-bond acceptors (Lipinski definition) is 6. The molecule has 0 radical (unpaired) electrons. The Morgan fingerprint density at radius 2 is 2.14 bits per heavy atom. The predicted molar refractivity (Wildman–Crippen MR) is 79.9 cm³/mol. The summed E-state index contributed by atoms with van der Waals surface area (Å²) in [6.45, 7) is 0. The molecular formula is C14H11N5OS. The van der Waals surface area contributed by atoms with Gasteiger partial charge >= 0.3 is 0 Å². The summed E-state index contributed by atoms with van der Waals surface area (Å²) >= 11 is 1.63. The molecule has 0 aliphatic heterocycles. The number of aryl methyl sites for hydroxylation is 1. The van der Waals surface area contributed by atoms with Gasteiger partial charge in [-0.3, -0.25) is 0 Å². The molecule has 0 unspecified atom stereocenters. The molecule has 4 aromatic rings. The second-order valence-electron chi connectivity index (χ2n) is 4.66. The van der Waals surface area contributed by atoms with E-state index < -0.39 is 0 Å². The minimum absolute atomic E-state index is 0.757. The molecule has 21 heavy (non-hydrogen) atoms. The average molecular weight is 297 g/mol. The predicted octanol–water partition coefficient (Wildman–Crippen LogP) is 2.80. The fourth-order valence-corrected chi connectivity index (χ4v) is 3.17. The van der Waals surface area contributed by atoms with Crippen LogP contribution in [0, 0.1) is 0 Å². The van der Waals surface area contributed by atoms with Gasteiger partial charge in [-0.15, -0.1) is 0 Å². The first-order valence-corrected chi connectivity index (χ1v) is 7.38. The zero-order valence-electron chi connectivity index (χ0n) is 11.2. The summed E-state index contributed by atoms with van der Waals surface area (Å²) in [5, 5.41) is 5.95. The highest BCUT2D eigenvalue weighted by molar-refractivity contribution is 7.98. The van der Waals surface area contributed by atoms with E-state index in [1.165, 1.54) is 0 Å². The summed E-state index contributed by atoms with van der Waals surface area (Å²) in [6, 6.07) is 6.04. The molecule has 104 valence electrons. The maximum absolute atomic E-state index is 5.03. The van der Waals surface area contributed by atoms with E-state index in [0.717, 1.165) is 38.4 Å². The number of nitrogens with zero attached hydrogens (tertiary/aromatic N) is 5. The lowest BCUT2D eigenvalue weighted by atomic mass is 10.2. The fraction of sp³-hybridized carbons (Fsp3) is 0.143. The van der Waals surface area contributed by atoms with Crippen LogP contribution in [0.5, 0.6) is 0 Å². The molecule has 1 aromatic carbocycles. The monoisotopic (exact) mass is 297 g/mol. The van der Waals surface area contributed by atoms with Gasteiger partial charge in [0.25, 0.3) is 0 Å². The maximum atomic E-state index is 5.03. The Labute approximate surface area is 124 Å². The van der Waals surface area contributed by atoms with E-state index in [1.807, 2.05) is 23.7 Å². The van der Waals surface area contributed by atoms with Gasteiger partial charge in [0, 0.05) is 18.2 Å². The molecule has 0 spiro atoms. The van der Waals surface area contributed by atoms with Crippen molar-refractivity contribution >= 4 is 33.8 Å². The SMILES string of the molecule is Cn1cnc2c(SCc3cccc4conc34)ncnc21. The van der Waals surface area contributed by atoms with Crippen molar-refractivity contribution in [3.05, 3.63) is 42.7 Å². The average Bonchev–Trinajstić information content (AvgIpc) is 3.13. The lowest BCUT2D eigenvalue weighted by molar-refractivity contribution is 0.428. The van der Waals surface area contributed by atoms with Crippen LogP contribution in [0.2, 0.25) is 0 Å². The zero-order valence-corrected chi connectivity index (χ0v) is 12.0. The second kappa shape index (κ2) is 4.85. The molecule has 4 rings (SSSR count). The Hall–Kier alpha value is -2.41. The first-order valence-electron chi connectivity index (χ1n) is 6.40. The molecule has 6 nitrogen and oxygen atoms in total. The molecule has 0 aliphatic carbocycles. The molecule has 7 heteroatoms. The van der Waals surface area contributed by atoms with E-state index in [-0.39, 0.29) is 0 Å². The van der Waals surface area contributed by atoms with Crippen LogP contribution < -0.4 is 0 Å². The fourth-order valence-electron chi connectivity index (χ4n) is 2.25. The van der Waals surface area contributed by atoms with E-state index in [0.29, 0.717) is 0 Å². The third-order valence-corrected chi connectivity index (χ3v) is 4.33. The Kier molecular flexibility index (Phi) is 2.85. The topological polar surface area (TPSA) is 69.6 Å². The summed E-state index contributed by atoms with van der Waals surface area (Å²) < 4.78 is 6.92. The van der Waals surface area contributed by atoms with Crippen molar-refractivity contribution in [2.75, 3.05) is 0 Å². The Morgan fingerprint density at radius 1 is 1.19 bits per heavy atom. The van der Waals surface area contributed by atoms with Gasteiger partial charge < -0.3 is 9.09 Å². The minimum Gasteiger partial charge on any atom is -0.363 e. The van der Waals surface area contributed by atoms with Crippen LogP contribution in [0.1, 0.15) is 5.56 Å². The summed E-state index contributed by atoms with van der Waals surface area (Å²) in [5.41, 5.74) is 3.69. The third kappa shape index (κ3) is 2.06. The van der Waals surface area contributed by atoms with Crippen molar-refractivity contribution in [2.45, 2.75) is 10.8 Å². The van der Waals surface area contributed by atoms with Crippen molar-refractivity contribution in [1.29, 1.82) is 0 Å². The van der Waals surface area contributed by atoms with Gasteiger partial charge in [-0.05, 0) is 11.6 Å². The molecule has 3 aromatic heterocycles. The first-order chi connectivity index (χ1) is 10.3. The molecule has 0 saturated heterocycles. The van der Waals surface area contributed by atoms with Crippen molar-refractivity contribution in [2.24, 2.45) is 7.05 Å². The third-order valence-electron chi connectivity index (χ3n) is 3.30. The van der Waals surface area contributed by atoms with Gasteiger partial charge in [-0.1, -0.05) is 29.1 Å². The van der Waals surface area contributed by atoms with Crippen LogP contribution in [0.25, 0.3) is 22.1 Å². The number of thioether (sulfide) groups is 1. The summed E-state index contributed by atoms with van der Waals surface area (Å²) in [7, 11) is 1.92. The van der Waals surface area contributed by atoms with Crippen molar-refractivity contribution in [3.8, 4) is 0 Å². The molecule has 0 amide bonds. The van der Waals surface area contributed by atoms with Gasteiger partial charge in [-0.25, -0.2) is 15.0 Å². The molecule has 0 aliphatic rings. The molecule has 0 atom stereocenters. The number of rotatable bonds is 3. The van der Waals surface area contributed by atoms with E-state index >= 15 is 0 Å². The number of hydrogen-bond donors (Lipinski definition) is 0. The molecule has 0 N–H and O–H groups in total. The normalized spacial score (nSPS) is 11.5. The van der Waals surface area contributed by atoms with Crippen molar-refractivity contribution < 1.29 is 4.52 Å². The number of imidazole rings is 1. The highest BCUT2D eigenvalue weighted by Crippen LogP contribution is 2.28. The number of fused-ring (bicyclic) bond motifs is 2. The summed E-state index contributed by atoms with van der Waals surface area (Å²) in [5.74, 6) is 0.757. The van der Waals surface area contributed by atoms with Gasteiger partial charge in [0.1, 0.15) is 28.6 Å². The highest BCUT2D eigenvalue weighted by atomic mass is 32.2. The van der Waals surface area contributed by atoms with Gasteiger partial charge in [0.2, 0.25) is 0 Å². The van der Waals surface area contributed by atoms with Gasteiger partial charge in [-0.2, -0.15) is 0 Å². The van der Waals surface area contributed by atoms with Crippen LogP contribution in [-0.4, -0.2) is 24.7 Å². The van der Waals surface area contributed by atoms with Crippen molar-refractivity contribution in [3.63, 3.8) is 0 Å². The second-order valence-corrected chi connectivity index (χ2v) is 5.63. The molecule has 0 saturated carbocycles. The van der Waals surface area contributed by atoms with Crippen LogP contribution in [0.3, 0.4) is 0 Å². The largest absolute Gasteiger partial charge is 0.363 e. The van der Waals surface area contributed by atoms with E-state index in [4.69, 9.17) is 4.52 Å². The quantitative estimate of drug-likeness (QED) is 0.428. The van der Waals surface area contributed by atoms with E-state index in [2.05, 4.69) is 26.2 Å². The van der Waals surface area contributed by atoms with Gasteiger partial charge in [0.05, 0.1) is 6.33 Å². The molecular weight excluding hydrogens is 286 g/mol. The smallest absolute Gasteiger partial charge is 0.164 e. The van der Waals surface area contributed by atoms with Crippen LogP contribution in [0.15, 0.2) is 46.7 Å². The minimum atomic E-state index is 0.757. The molecule has 0 bridgehead atoms. The Morgan fingerprint density at radius 3 is 3.10 bits per heavy atom. The number of aromatic nitrogens is 5. The zero-order chi connectivity index (χ0) is 14.2. The summed E-state index contributed by atoms with van der Waals surface area (Å²) in [4.78, 5) is 12.9. The van der Waals surface area contributed by atoms with Crippen LogP contribution in [-0.2, 0) is 12.8 Å². The lowest BCUT2D eigenvalue weighted by Gasteiger charge is -2.02. The van der Waals surface area contributed by atoms with Crippen LogP contribution >= 0.6 is 11.8 Å². The maximum Gasteiger partial charge on any atom is 0.164 e. The first kappa shape index (κ1) is 12.3. The highest BCUT2D eigenvalue weighted by Gasteiger charge is 2.11. The van der Waals surface area contributed by atoms with E-state index in [9.17, 15) is 0 Å². The number of benzene rings is 1. The summed E-state index contributed by atoms with van der Waals surface area (Å²) in [6.07, 6.45) is 4.98. The van der Waals surface area contributed by atoms with Gasteiger partial charge in [0.15, 0.2) is 5.65 Å². The standard InChI is InChI=1S/C14H11N5OS/c1-19-8-17-12-13(19)15-7-16-14(12)21-6-10-4-2-3-9-5-20-18-11(9)10/h2-5,7-8H,6H2,1H3. The van der Waals surface area contributed by atoms with E-state index in [1.54, 1.807) is 30.7 Å². The lowest BCUT2D eigenvalue weighted by Crippen LogP contribution is -1.91. The molecule has 0 fully saturated rings.